The van der Waals surface area contributed by atoms with Gasteiger partial charge in [0, 0.05) is 29.5 Å². The fourth-order valence-electron chi connectivity index (χ4n) is 3.63. The fraction of sp³-hybridized carbons (Fsp3) is 0.160. The molecule has 0 aliphatic heterocycles. The van der Waals surface area contributed by atoms with Gasteiger partial charge in [-0.2, -0.15) is 0 Å². The highest BCUT2D eigenvalue weighted by molar-refractivity contribution is 6.33. The second-order valence-corrected chi connectivity index (χ2v) is 7.77. The highest BCUT2D eigenvalue weighted by atomic mass is 35.5. The van der Waals surface area contributed by atoms with Crippen LogP contribution >= 0.6 is 23.2 Å². The highest BCUT2D eigenvalue weighted by Gasteiger charge is 2.28. The SMILES string of the molecule is O=C(NCCC#Cc1cc(Cl)ccc1Cl)OCC1c2ccccc2-c2ccccc21. The maximum atomic E-state index is 12.1. The van der Waals surface area contributed by atoms with Crippen LogP contribution in [0.2, 0.25) is 10.0 Å². The molecule has 3 aromatic rings. The van der Waals surface area contributed by atoms with Crippen LogP contribution in [0.1, 0.15) is 29.0 Å². The van der Waals surface area contributed by atoms with Crippen molar-refractivity contribution in [1.82, 2.24) is 5.32 Å². The molecule has 5 heteroatoms. The lowest BCUT2D eigenvalue weighted by atomic mass is 9.98. The van der Waals surface area contributed by atoms with Gasteiger partial charge in [0.25, 0.3) is 0 Å². The highest BCUT2D eigenvalue weighted by Crippen LogP contribution is 2.44. The Morgan fingerprint density at radius 1 is 0.967 bits per heavy atom. The number of rotatable bonds is 4. The maximum absolute atomic E-state index is 12.1. The van der Waals surface area contributed by atoms with Crippen molar-refractivity contribution in [2.24, 2.45) is 0 Å². The molecule has 30 heavy (non-hydrogen) atoms. The summed E-state index contributed by atoms with van der Waals surface area (Å²) in [4.78, 5) is 12.1. The van der Waals surface area contributed by atoms with Gasteiger partial charge in [0.2, 0.25) is 0 Å². The van der Waals surface area contributed by atoms with Crippen molar-refractivity contribution >= 4 is 29.3 Å². The van der Waals surface area contributed by atoms with E-state index in [4.69, 9.17) is 27.9 Å². The molecule has 150 valence electrons. The van der Waals surface area contributed by atoms with E-state index < -0.39 is 6.09 Å². The number of amides is 1. The molecule has 0 atom stereocenters. The van der Waals surface area contributed by atoms with Gasteiger partial charge in [-0.25, -0.2) is 4.79 Å². The Morgan fingerprint density at radius 3 is 2.33 bits per heavy atom. The van der Waals surface area contributed by atoms with Crippen LogP contribution in [-0.4, -0.2) is 19.2 Å². The molecule has 1 aliphatic carbocycles. The number of ether oxygens (including phenoxy) is 1. The van der Waals surface area contributed by atoms with Crippen molar-refractivity contribution < 1.29 is 9.53 Å². The van der Waals surface area contributed by atoms with E-state index in [9.17, 15) is 4.79 Å². The number of fused-ring (bicyclic) bond motifs is 3. The zero-order chi connectivity index (χ0) is 20.9. The summed E-state index contributed by atoms with van der Waals surface area (Å²) in [5, 5.41) is 3.88. The minimum absolute atomic E-state index is 0.0490. The molecule has 0 bridgehead atoms. The predicted molar refractivity (Wildman–Crippen MR) is 121 cm³/mol. The zero-order valence-corrected chi connectivity index (χ0v) is 17.6. The first kappa shape index (κ1) is 20.3. The molecule has 0 saturated heterocycles. The van der Waals surface area contributed by atoms with Gasteiger partial charge in [-0.05, 0) is 40.5 Å². The van der Waals surface area contributed by atoms with Crippen molar-refractivity contribution in [1.29, 1.82) is 0 Å². The lowest BCUT2D eigenvalue weighted by Gasteiger charge is -2.14. The first-order valence-corrected chi connectivity index (χ1v) is 10.4. The van der Waals surface area contributed by atoms with Crippen LogP contribution in [-0.2, 0) is 4.74 Å². The normalized spacial score (nSPS) is 11.8. The average molecular weight is 436 g/mol. The molecule has 0 saturated carbocycles. The minimum atomic E-state index is -0.445. The Bertz CT molecular complexity index is 1100. The van der Waals surface area contributed by atoms with E-state index in [1.807, 2.05) is 24.3 Å². The molecule has 4 rings (SSSR count). The first-order chi connectivity index (χ1) is 14.6. The minimum Gasteiger partial charge on any atom is -0.449 e. The van der Waals surface area contributed by atoms with Crippen LogP contribution in [0.4, 0.5) is 4.79 Å². The van der Waals surface area contributed by atoms with E-state index in [1.54, 1.807) is 18.2 Å². The monoisotopic (exact) mass is 435 g/mol. The molecular formula is C25H19Cl2NO2. The molecule has 0 unspecified atom stereocenters. The van der Waals surface area contributed by atoms with E-state index in [-0.39, 0.29) is 5.92 Å². The molecule has 0 aromatic heterocycles. The number of halogens is 2. The largest absolute Gasteiger partial charge is 0.449 e. The van der Waals surface area contributed by atoms with Crippen molar-refractivity contribution in [3.05, 3.63) is 93.5 Å². The predicted octanol–water partition coefficient (Wildman–Crippen LogP) is 6.27. The Labute approximate surface area is 186 Å². The fourth-order valence-corrected chi connectivity index (χ4v) is 3.96. The summed E-state index contributed by atoms with van der Waals surface area (Å²) >= 11 is 12.0. The van der Waals surface area contributed by atoms with Crippen molar-refractivity contribution in [3.8, 4) is 23.0 Å². The van der Waals surface area contributed by atoms with Gasteiger partial charge in [-0.1, -0.05) is 83.6 Å². The van der Waals surface area contributed by atoms with Gasteiger partial charge >= 0.3 is 6.09 Å². The summed E-state index contributed by atoms with van der Waals surface area (Å²) in [6, 6.07) is 21.7. The topological polar surface area (TPSA) is 38.3 Å². The van der Waals surface area contributed by atoms with Crippen LogP contribution in [0.5, 0.6) is 0 Å². The summed E-state index contributed by atoms with van der Waals surface area (Å²) in [5.74, 6) is 6.00. The number of carbonyl (C=O) groups excluding carboxylic acids is 1. The molecule has 0 radical (unpaired) electrons. The number of hydrogen-bond acceptors (Lipinski definition) is 2. The molecule has 0 spiro atoms. The van der Waals surface area contributed by atoms with E-state index in [0.717, 1.165) is 0 Å². The quantitative estimate of drug-likeness (QED) is 0.387. The average Bonchev–Trinajstić information content (AvgIpc) is 3.08. The molecule has 1 N–H and O–H groups in total. The van der Waals surface area contributed by atoms with E-state index in [0.29, 0.717) is 35.2 Å². The van der Waals surface area contributed by atoms with Crippen molar-refractivity contribution in [3.63, 3.8) is 0 Å². The Morgan fingerprint density at radius 2 is 1.63 bits per heavy atom. The molecule has 3 nitrogen and oxygen atoms in total. The molecule has 3 aromatic carbocycles. The summed E-state index contributed by atoms with van der Waals surface area (Å²) < 4.78 is 5.50. The lowest BCUT2D eigenvalue weighted by molar-refractivity contribution is 0.143. The third kappa shape index (κ3) is 4.46. The molecule has 0 heterocycles. The van der Waals surface area contributed by atoms with Gasteiger partial charge in [0.1, 0.15) is 6.61 Å². The third-order valence-corrected chi connectivity index (χ3v) is 5.58. The number of hydrogen-bond donors (Lipinski definition) is 1. The van der Waals surface area contributed by atoms with Crippen LogP contribution in [0.25, 0.3) is 11.1 Å². The smallest absolute Gasteiger partial charge is 0.407 e. The summed E-state index contributed by atoms with van der Waals surface area (Å²) in [6.45, 7) is 0.686. The van der Waals surface area contributed by atoms with Crippen LogP contribution in [0.3, 0.4) is 0 Å². The van der Waals surface area contributed by atoms with Gasteiger partial charge < -0.3 is 10.1 Å². The van der Waals surface area contributed by atoms with E-state index in [2.05, 4.69) is 41.4 Å². The van der Waals surface area contributed by atoms with Gasteiger partial charge in [-0.3, -0.25) is 0 Å². The van der Waals surface area contributed by atoms with E-state index >= 15 is 0 Å². The third-order valence-electron chi connectivity index (χ3n) is 5.01. The van der Waals surface area contributed by atoms with Gasteiger partial charge in [-0.15, -0.1) is 0 Å². The number of benzene rings is 3. The second kappa shape index (κ2) is 9.26. The lowest BCUT2D eigenvalue weighted by Crippen LogP contribution is -2.26. The number of alkyl carbamates (subject to hydrolysis) is 1. The second-order valence-electron chi connectivity index (χ2n) is 6.93. The number of carbonyl (C=O) groups is 1. The summed E-state index contributed by atoms with van der Waals surface area (Å²) in [7, 11) is 0. The zero-order valence-electron chi connectivity index (χ0n) is 16.1. The van der Waals surface area contributed by atoms with Crippen LogP contribution in [0.15, 0.2) is 66.7 Å². The number of nitrogens with one attached hydrogen (secondary N) is 1. The van der Waals surface area contributed by atoms with Gasteiger partial charge in [0.05, 0.1) is 5.02 Å². The molecular weight excluding hydrogens is 417 g/mol. The molecule has 1 amide bonds. The van der Waals surface area contributed by atoms with Crippen molar-refractivity contribution in [2.75, 3.05) is 13.2 Å². The molecule has 1 aliphatic rings. The summed E-state index contributed by atoms with van der Waals surface area (Å²) in [6.07, 6.45) is 0.0343. The molecule has 0 fully saturated rings. The maximum Gasteiger partial charge on any atom is 0.407 e. The Hall–Kier alpha value is -2.93. The first-order valence-electron chi connectivity index (χ1n) is 9.66. The summed E-state index contributed by atoms with van der Waals surface area (Å²) in [5.41, 5.74) is 5.46. The van der Waals surface area contributed by atoms with Gasteiger partial charge in [0.15, 0.2) is 0 Å². The van der Waals surface area contributed by atoms with Crippen LogP contribution in [0, 0.1) is 11.8 Å². The van der Waals surface area contributed by atoms with Crippen LogP contribution < -0.4 is 5.32 Å². The Kier molecular flexibility index (Phi) is 6.28. The van der Waals surface area contributed by atoms with E-state index in [1.165, 1.54) is 22.3 Å². The Balaban J connectivity index is 1.30. The van der Waals surface area contributed by atoms with Crippen molar-refractivity contribution in [2.45, 2.75) is 12.3 Å². The standard InChI is InChI=1S/C25H19Cl2NO2/c26-18-12-13-24(27)17(15-18)7-5-6-14-28-25(29)30-16-23-21-10-3-1-8-19(21)20-9-2-4-11-22(20)23/h1-4,8-13,15,23H,6,14,16H2,(H,28,29).